The van der Waals surface area contributed by atoms with Crippen molar-refractivity contribution in [1.82, 2.24) is 9.97 Å². The van der Waals surface area contributed by atoms with Crippen LogP contribution in [0.2, 0.25) is 10.2 Å². The fraction of sp³-hybridized carbons (Fsp3) is 0.263. The fourth-order valence-corrected chi connectivity index (χ4v) is 3.79. The minimum atomic E-state index is 0.550. The molecule has 0 radical (unpaired) electrons. The van der Waals surface area contributed by atoms with Gasteiger partial charge in [-0.25, -0.2) is 4.98 Å². The predicted molar refractivity (Wildman–Crippen MR) is 105 cm³/mol. The number of nitrogens with zero attached hydrogens (tertiary/aromatic N) is 4. The molecule has 4 nitrogen and oxygen atoms in total. The van der Waals surface area contributed by atoms with Crippen LogP contribution in [0.3, 0.4) is 0 Å². The molecule has 6 heteroatoms. The molecule has 0 saturated carbocycles. The van der Waals surface area contributed by atoms with Crippen molar-refractivity contribution in [3.8, 4) is 0 Å². The summed E-state index contributed by atoms with van der Waals surface area (Å²) in [7, 11) is 0. The highest BCUT2D eigenvalue weighted by molar-refractivity contribution is 6.31. The summed E-state index contributed by atoms with van der Waals surface area (Å²) in [4.78, 5) is 13.4. The molecular weight excluding hydrogens is 355 g/mol. The summed E-state index contributed by atoms with van der Waals surface area (Å²) in [6.07, 6.45) is 1.85. The molecule has 128 valence electrons. The number of aromatic nitrogens is 2. The zero-order valence-electron chi connectivity index (χ0n) is 13.9. The largest absolute Gasteiger partial charge is 0.368 e. The number of pyridine rings is 2. The number of benzene rings is 1. The van der Waals surface area contributed by atoms with Gasteiger partial charge < -0.3 is 9.80 Å². The lowest BCUT2D eigenvalue weighted by Crippen LogP contribution is -2.46. The summed E-state index contributed by atoms with van der Waals surface area (Å²) >= 11 is 12.2. The molecule has 0 N–H and O–H groups in total. The van der Waals surface area contributed by atoms with Gasteiger partial charge in [-0.2, -0.15) is 0 Å². The van der Waals surface area contributed by atoms with E-state index in [1.807, 2.05) is 31.3 Å². The monoisotopic (exact) mass is 372 g/mol. The Morgan fingerprint density at radius 2 is 1.68 bits per heavy atom. The smallest absolute Gasteiger partial charge is 0.131 e. The molecule has 0 amide bonds. The quantitative estimate of drug-likeness (QED) is 0.616. The highest BCUT2D eigenvalue weighted by Gasteiger charge is 2.19. The van der Waals surface area contributed by atoms with Crippen LogP contribution >= 0.6 is 23.2 Å². The van der Waals surface area contributed by atoms with Crippen LogP contribution in [0.5, 0.6) is 0 Å². The van der Waals surface area contributed by atoms with Gasteiger partial charge in [-0.1, -0.05) is 23.2 Å². The second kappa shape index (κ2) is 6.70. The number of hydrogen-bond donors (Lipinski definition) is 0. The van der Waals surface area contributed by atoms with Crippen molar-refractivity contribution in [2.24, 2.45) is 0 Å². The summed E-state index contributed by atoms with van der Waals surface area (Å²) in [5.41, 5.74) is 4.24. The van der Waals surface area contributed by atoms with Gasteiger partial charge in [0.1, 0.15) is 5.15 Å². The van der Waals surface area contributed by atoms with Crippen LogP contribution in [0.1, 0.15) is 5.69 Å². The highest BCUT2D eigenvalue weighted by atomic mass is 35.5. The van der Waals surface area contributed by atoms with Crippen LogP contribution in [-0.2, 0) is 0 Å². The molecule has 1 aliphatic heterocycles. The Hall–Kier alpha value is -2.04. The van der Waals surface area contributed by atoms with Gasteiger partial charge in [-0.3, -0.25) is 4.98 Å². The minimum Gasteiger partial charge on any atom is -0.368 e. The van der Waals surface area contributed by atoms with E-state index in [9.17, 15) is 0 Å². The summed E-state index contributed by atoms with van der Waals surface area (Å²) < 4.78 is 0. The van der Waals surface area contributed by atoms with Crippen LogP contribution in [0.25, 0.3) is 10.9 Å². The maximum atomic E-state index is 6.11. The molecule has 25 heavy (non-hydrogen) atoms. The van der Waals surface area contributed by atoms with Crippen molar-refractivity contribution in [2.45, 2.75) is 6.92 Å². The normalized spacial score (nSPS) is 15.0. The highest BCUT2D eigenvalue weighted by Crippen LogP contribution is 2.29. The molecule has 0 atom stereocenters. The van der Waals surface area contributed by atoms with E-state index in [0.717, 1.165) is 48.5 Å². The van der Waals surface area contributed by atoms with Crippen LogP contribution in [-0.4, -0.2) is 36.1 Å². The first-order valence-corrected chi connectivity index (χ1v) is 9.04. The van der Waals surface area contributed by atoms with Crippen LogP contribution < -0.4 is 9.80 Å². The van der Waals surface area contributed by atoms with E-state index >= 15 is 0 Å². The van der Waals surface area contributed by atoms with E-state index in [1.54, 1.807) is 0 Å². The SMILES string of the molecule is Cc1cc(N2CCN(c3ccnc4cc(Cl)ccc34)CC2)cc(Cl)n1. The van der Waals surface area contributed by atoms with Gasteiger partial charge >= 0.3 is 0 Å². The van der Waals surface area contributed by atoms with Crippen molar-refractivity contribution in [3.05, 3.63) is 58.5 Å². The van der Waals surface area contributed by atoms with Crippen LogP contribution in [0.4, 0.5) is 11.4 Å². The standard InChI is InChI=1S/C19H18Cl2N4/c1-13-10-15(12-19(21)23-13)24-6-8-25(9-7-24)18-4-5-22-17-11-14(20)2-3-16(17)18/h2-5,10-12H,6-9H2,1H3. The molecule has 0 bridgehead atoms. The lowest BCUT2D eigenvalue weighted by Gasteiger charge is -2.37. The van der Waals surface area contributed by atoms with Crippen LogP contribution in [0.15, 0.2) is 42.6 Å². The molecule has 3 heterocycles. The van der Waals surface area contributed by atoms with E-state index in [2.05, 4.69) is 38.0 Å². The van der Waals surface area contributed by atoms with Gasteiger partial charge in [-0.05, 0) is 43.3 Å². The second-order valence-corrected chi connectivity index (χ2v) is 7.08. The van der Waals surface area contributed by atoms with Crippen LogP contribution in [0, 0.1) is 6.92 Å². The van der Waals surface area contributed by atoms with E-state index in [0.29, 0.717) is 10.2 Å². The predicted octanol–water partition coefficient (Wildman–Crippen LogP) is 4.57. The molecule has 1 aromatic carbocycles. The molecule has 1 saturated heterocycles. The van der Waals surface area contributed by atoms with E-state index < -0.39 is 0 Å². The lowest BCUT2D eigenvalue weighted by molar-refractivity contribution is 0.654. The Morgan fingerprint density at radius 3 is 2.44 bits per heavy atom. The van der Waals surface area contributed by atoms with Gasteiger partial charge in [0.05, 0.1) is 5.52 Å². The number of anilines is 2. The number of aryl methyl sites for hydroxylation is 1. The fourth-order valence-electron chi connectivity index (χ4n) is 3.38. The summed E-state index contributed by atoms with van der Waals surface area (Å²) in [5, 5.41) is 2.41. The summed E-state index contributed by atoms with van der Waals surface area (Å²) in [6.45, 7) is 5.75. The first-order valence-electron chi connectivity index (χ1n) is 8.28. The maximum Gasteiger partial charge on any atom is 0.131 e. The number of hydrogen-bond acceptors (Lipinski definition) is 4. The third-order valence-electron chi connectivity index (χ3n) is 4.57. The first-order chi connectivity index (χ1) is 12.1. The molecule has 2 aromatic heterocycles. The summed E-state index contributed by atoms with van der Waals surface area (Å²) in [5.74, 6) is 0. The van der Waals surface area contributed by atoms with Crippen molar-refractivity contribution in [3.63, 3.8) is 0 Å². The second-order valence-electron chi connectivity index (χ2n) is 6.26. The molecule has 0 spiro atoms. The topological polar surface area (TPSA) is 32.3 Å². The van der Waals surface area contributed by atoms with E-state index in [4.69, 9.17) is 23.2 Å². The number of piperazine rings is 1. The zero-order valence-corrected chi connectivity index (χ0v) is 15.4. The van der Waals surface area contributed by atoms with E-state index in [-0.39, 0.29) is 0 Å². The molecule has 1 aliphatic rings. The molecule has 3 aromatic rings. The molecule has 4 rings (SSSR count). The Labute approximate surface area is 157 Å². The Bertz CT molecular complexity index is 900. The van der Waals surface area contributed by atoms with Crippen molar-refractivity contribution in [2.75, 3.05) is 36.0 Å². The Balaban J connectivity index is 1.56. The summed E-state index contributed by atoms with van der Waals surface area (Å²) in [6, 6.07) is 12.0. The minimum absolute atomic E-state index is 0.550. The number of fused-ring (bicyclic) bond motifs is 1. The number of halogens is 2. The third-order valence-corrected chi connectivity index (χ3v) is 5.00. The van der Waals surface area contributed by atoms with E-state index in [1.165, 1.54) is 5.69 Å². The molecule has 0 unspecified atom stereocenters. The average molecular weight is 373 g/mol. The lowest BCUT2D eigenvalue weighted by atomic mass is 10.1. The van der Waals surface area contributed by atoms with Crippen molar-refractivity contribution in [1.29, 1.82) is 0 Å². The first kappa shape index (κ1) is 16.4. The zero-order chi connectivity index (χ0) is 17.4. The third kappa shape index (κ3) is 3.37. The van der Waals surface area contributed by atoms with Gasteiger partial charge in [-0.15, -0.1) is 0 Å². The maximum absolute atomic E-state index is 6.11. The molecule has 1 fully saturated rings. The Morgan fingerprint density at radius 1 is 0.920 bits per heavy atom. The van der Waals surface area contributed by atoms with Gasteiger partial charge in [0.2, 0.25) is 0 Å². The molecule has 0 aliphatic carbocycles. The van der Waals surface area contributed by atoms with Gasteiger partial charge in [0, 0.05) is 59.9 Å². The molecular formula is C19H18Cl2N4. The van der Waals surface area contributed by atoms with Gasteiger partial charge in [0.15, 0.2) is 0 Å². The van der Waals surface area contributed by atoms with Crippen molar-refractivity contribution >= 4 is 45.5 Å². The van der Waals surface area contributed by atoms with Crippen molar-refractivity contribution < 1.29 is 0 Å². The number of rotatable bonds is 2. The average Bonchev–Trinajstić information content (AvgIpc) is 2.60. The Kier molecular flexibility index (Phi) is 4.40. The van der Waals surface area contributed by atoms with Gasteiger partial charge in [0.25, 0.3) is 0 Å².